The first-order valence-corrected chi connectivity index (χ1v) is 3.99. The summed E-state index contributed by atoms with van der Waals surface area (Å²) < 4.78 is 1.59. The van der Waals surface area contributed by atoms with E-state index in [1.165, 1.54) is 6.20 Å². The lowest BCUT2D eigenvalue weighted by atomic mass is 10.3. The molecule has 0 aliphatic heterocycles. The van der Waals surface area contributed by atoms with Gasteiger partial charge in [-0.25, -0.2) is 9.78 Å². The van der Waals surface area contributed by atoms with E-state index in [0.29, 0.717) is 6.54 Å². The summed E-state index contributed by atoms with van der Waals surface area (Å²) >= 11 is 0. The Bertz CT molecular complexity index is 335. The van der Waals surface area contributed by atoms with Crippen LogP contribution in [0.3, 0.4) is 0 Å². The Labute approximate surface area is 76.5 Å². The van der Waals surface area contributed by atoms with Crippen molar-refractivity contribution < 1.29 is 9.90 Å². The summed E-state index contributed by atoms with van der Waals surface area (Å²) in [5.74, 6) is -0.912. The minimum atomic E-state index is -0.993. The molecule has 0 aliphatic carbocycles. The number of imidazole rings is 1. The number of nitrogens with zero attached hydrogens (tertiary/aromatic N) is 2. The van der Waals surface area contributed by atoms with Crippen molar-refractivity contribution in [3.8, 4) is 0 Å². The van der Waals surface area contributed by atoms with Gasteiger partial charge in [-0.2, -0.15) is 0 Å². The zero-order valence-corrected chi connectivity index (χ0v) is 7.69. The Balaban J connectivity index is 2.83. The van der Waals surface area contributed by atoms with Crippen LogP contribution < -0.4 is 0 Å². The van der Waals surface area contributed by atoms with Crippen molar-refractivity contribution in [2.24, 2.45) is 0 Å². The van der Waals surface area contributed by atoms with Crippen molar-refractivity contribution in [2.45, 2.75) is 20.4 Å². The highest BCUT2D eigenvalue weighted by atomic mass is 16.4. The van der Waals surface area contributed by atoms with Gasteiger partial charge in [0.15, 0.2) is 0 Å². The normalized spacial score (nSPS) is 9.69. The van der Waals surface area contributed by atoms with Crippen LogP contribution in [0.5, 0.6) is 0 Å². The van der Waals surface area contributed by atoms with Gasteiger partial charge in [-0.15, -0.1) is 0 Å². The fourth-order valence-corrected chi connectivity index (χ4v) is 0.935. The molecule has 13 heavy (non-hydrogen) atoms. The van der Waals surface area contributed by atoms with E-state index in [0.717, 1.165) is 5.57 Å². The number of carboxylic acids is 1. The Morgan fingerprint density at radius 3 is 2.92 bits per heavy atom. The zero-order valence-electron chi connectivity index (χ0n) is 7.69. The highest BCUT2D eigenvalue weighted by molar-refractivity contribution is 5.83. The molecule has 1 N–H and O–H groups in total. The maximum absolute atomic E-state index is 10.6. The third kappa shape index (κ3) is 2.43. The van der Waals surface area contributed by atoms with E-state index in [1.807, 2.05) is 19.9 Å². The van der Waals surface area contributed by atoms with Crippen molar-refractivity contribution >= 4 is 5.97 Å². The second kappa shape index (κ2) is 3.89. The van der Waals surface area contributed by atoms with Crippen LogP contribution in [-0.2, 0) is 6.54 Å². The van der Waals surface area contributed by atoms with Gasteiger partial charge in [-0.05, 0) is 13.8 Å². The molecule has 0 bridgehead atoms. The quantitative estimate of drug-likeness (QED) is 0.718. The summed E-state index contributed by atoms with van der Waals surface area (Å²) in [6, 6.07) is 0. The van der Waals surface area contributed by atoms with Crippen molar-refractivity contribution in [3.05, 3.63) is 29.9 Å². The smallest absolute Gasteiger partial charge is 0.372 e. The van der Waals surface area contributed by atoms with E-state index in [4.69, 9.17) is 5.11 Å². The molecule has 0 radical (unpaired) electrons. The number of rotatable bonds is 3. The van der Waals surface area contributed by atoms with Crippen LogP contribution in [0.2, 0.25) is 0 Å². The monoisotopic (exact) mass is 180 g/mol. The number of aromatic carboxylic acids is 1. The fraction of sp³-hybridized carbons (Fsp3) is 0.333. The lowest BCUT2D eigenvalue weighted by Crippen LogP contribution is -2.08. The third-order valence-corrected chi connectivity index (χ3v) is 1.60. The van der Waals surface area contributed by atoms with E-state index >= 15 is 0 Å². The molecule has 0 fully saturated rings. The molecule has 70 valence electrons. The average Bonchev–Trinajstić information content (AvgIpc) is 2.47. The standard InChI is InChI=1S/C9H12N2O2/c1-7(2)3-5-11-6-4-10-8(11)9(12)13/h3-4,6H,5H2,1-2H3,(H,12,13). The van der Waals surface area contributed by atoms with E-state index < -0.39 is 5.97 Å². The molecule has 0 aliphatic rings. The number of hydrogen-bond donors (Lipinski definition) is 1. The number of aromatic nitrogens is 2. The van der Waals surface area contributed by atoms with Gasteiger partial charge in [0, 0.05) is 18.9 Å². The number of carboxylic acid groups (broad SMARTS) is 1. The summed E-state index contributed by atoms with van der Waals surface area (Å²) in [5.41, 5.74) is 1.16. The van der Waals surface area contributed by atoms with Crippen molar-refractivity contribution in [1.82, 2.24) is 9.55 Å². The maximum atomic E-state index is 10.6. The predicted octanol–water partition coefficient (Wildman–Crippen LogP) is 1.55. The number of allylic oxidation sites excluding steroid dienone is 2. The summed E-state index contributed by atoms with van der Waals surface area (Å²) in [6.07, 6.45) is 5.10. The molecular formula is C9H12N2O2. The Morgan fingerprint density at radius 1 is 1.69 bits per heavy atom. The van der Waals surface area contributed by atoms with Crippen LogP contribution in [0, 0.1) is 0 Å². The van der Waals surface area contributed by atoms with Crippen molar-refractivity contribution in [2.75, 3.05) is 0 Å². The molecule has 0 amide bonds. The van der Waals surface area contributed by atoms with Crippen molar-refractivity contribution in [1.29, 1.82) is 0 Å². The van der Waals surface area contributed by atoms with E-state index in [1.54, 1.807) is 10.8 Å². The van der Waals surface area contributed by atoms with Gasteiger partial charge in [-0.3, -0.25) is 0 Å². The average molecular weight is 180 g/mol. The highest BCUT2D eigenvalue weighted by Gasteiger charge is 2.08. The third-order valence-electron chi connectivity index (χ3n) is 1.60. The van der Waals surface area contributed by atoms with Gasteiger partial charge in [-0.1, -0.05) is 11.6 Å². The Morgan fingerprint density at radius 2 is 2.38 bits per heavy atom. The van der Waals surface area contributed by atoms with Crippen LogP contribution in [0.25, 0.3) is 0 Å². The number of hydrogen-bond acceptors (Lipinski definition) is 2. The molecule has 0 aromatic carbocycles. The minimum absolute atomic E-state index is 0.0810. The summed E-state index contributed by atoms with van der Waals surface area (Å²) in [7, 11) is 0. The van der Waals surface area contributed by atoms with E-state index in [-0.39, 0.29) is 5.82 Å². The second-order valence-electron chi connectivity index (χ2n) is 2.99. The van der Waals surface area contributed by atoms with E-state index in [2.05, 4.69) is 4.98 Å². The Hall–Kier alpha value is -1.58. The predicted molar refractivity (Wildman–Crippen MR) is 48.6 cm³/mol. The summed E-state index contributed by atoms with van der Waals surface area (Å²) in [6.45, 7) is 4.50. The fourth-order valence-electron chi connectivity index (χ4n) is 0.935. The van der Waals surface area contributed by atoms with Gasteiger partial charge in [0.1, 0.15) is 0 Å². The SMILES string of the molecule is CC(C)=CCn1ccnc1C(=O)O. The molecule has 0 atom stereocenters. The van der Waals surface area contributed by atoms with Gasteiger partial charge >= 0.3 is 5.97 Å². The van der Waals surface area contributed by atoms with Crippen LogP contribution in [0.4, 0.5) is 0 Å². The topological polar surface area (TPSA) is 55.1 Å². The molecule has 0 saturated heterocycles. The van der Waals surface area contributed by atoms with Crippen LogP contribution in [-0.4, -0.2) is 20.6 Å². The molecule has 0 spiro atoms. The summed E-state index contributed by atoms with van der Waals surface area (Å²) in [5, 5.41) is 8.72. The molecule has 1 heterocycles. The van der Waals surface area contributed by atoms with Crippen molar-refractivity contribution in [3.63, 3.8) is 0 Å². The van der Waals surface area contributed by atoms with Gasteiger partial charge < -0.3 is 9.67 Å². The minimum Gasteiger partial charge on any atom is -0.475 e. The van der Waals surface area contributed by atoms with E-state index in [9.17, 15) is 4.79 Å². The number of carbonyl (C=O) groups is 1. The van der Waals surface area contributed by atoms with Crippen LogP contribution >= 0.6 is 0 Å². The molecular weight excluding hydrogens is 168 g/mol. The first kappa shape index (κ1) is 9.51. The van der Waals surface area contributed by atoms with Crippen LogP contribution in [0.15, 0.2) is 24.0 Å². The molecule has 1 rings (SSSR count). The zero-order chi connectivity index (χ0) is 9.84. The highest BCUT2D eigenvalue weighted by Crippen LogP contribution is 1.99. The first-order valence-electron chi connectivity index (χ1n) is 3.99. The van der Waals surface area contributed by atoms with Gasteiger partial charge in [0.05, 0.1) is 0 Å². The lowest BCUT2D eigenvalue weighted by Gasteiger charge is -2.00. The van der Waals surface area contributed by atoms with Gasteiger partial charge in [0.25, 0.3) is 0 Å². The maximum Gasteiger partial charge on any atom is 0.372 e. The summed E-state index contributed by atoms with van der Waals surface area (Å²) in [4.78, 5) is 14.4. The Kier molecular flexibility index (Phi) is 2.84. The largest absolute Gasteiger partial charge is 0.475 e. The molecule has 0 saturated carbocycles. The molecule has 4 heteroatoms. The molecule has 4 nitrogen and oxygen atoms in total. The lowest BCUT2D eigenvalue weighted by molar-refractivity contribution is 0.0679. The molecule has 1 aromatic rings. The second-order valence-corrected chi connectivity index (χ2v) is 2.99. The van der Waals surface area contributed by atoms with Crippen LogP contribution in [0.1, 0.15) is 24.5 Å². The first-order chi connectivity index (χ1) is 6.11. The molecule has 1 aromatic heterocycles. The van der Waals surface area contributed by atoms with Gasteiger partial charge in [0.2, 0.25) is 5.82 Å². The molecule has 0 unspecified atom stereocenters.